The minimum Gasteiger partial charge on any atom is -0.306 e. The maximum Gasteiger partial charge on any atom is 0.107 e. The van der Waals surface area contributed by atoms with Crippen LogP contribution in [-0.2, 0) is 0 Å². The Hall–Kier alpha value is -0.0600. The standard InChI is InChI=1S/C13H12BrCl2NS/c1-2-17-12(8-3-5-9(15)6-4-8)11-7-10(14)13(16)18-11/h3-7,12,17H,2H2,1H3. The second kappa shape index (κ2) is 6.40. The predicted octanol–water partition coefficient (Wildman–Crippen LogP) is 5.52. The Labute approximate surface area is 129 Å². The largest absolute Gasteiger partial charge is 0.306 e. The van der Waals surface area contributed by atoms with Crippen molar-refractivity contribution >= 4 is 50.5 Å². The second-order valence-electron chi connectivity index (χ2n) is 3.81. The van der Waals surface area contributed by atoms with Crippen LogP contribution in [0.3, 0.4) is 0 Å². The Bertz CT molecular complexity index is 505. The van der Waals surface area contributed by atoms with Crippen molar-refractivity contribution in [2.24, 2.45) is 0 Å². The molecule has 0 bridgehead atoms. The second-order valence-corrected chi connectivity index (χ2v) is 6.79. The van der Waals surface area contributed by atoms with E-state index in [-0.39, 0.29) is 6.04 Å². The van der Waals surface area contributed by atoms with E-state index < -0.39 is 0 Å². The van der Waals surface area contributed by atoms with Crippen molar-refractivity contribution in [3.63, 3.8) is 0 Å². The van der Waals surface area contributed by atoms with Crippen molar-refractivity contribution in [1.29, 1.82) is 0 Å². The fourth-order valence-corrected chi connectivity index (χ4v) is 3.71. The summed E-state index contributed by atoms with van der Waals surface area (Å²) >= 11 is 17.1. The third-order valence-electron chi connectivity index (χ3n) is 2.56. The topological polar surface area (TPSA) is 12.0 Å². The average Bonchev–Trinajstić information content (AvgIpc) is 2.68. The summed E-state index contributed by atoms with van der Waals surface area (Å²) in [6.07, 6.45) is 0. The first kappa shape index (κ1) is 14.4. The molecule has 0 fully saturated rings. The van der Waals surface area contributed by atoms with Crippen LogP contribution in [0.15, 0.2) is 34.8 Å². The SMILES string of the molecule is CCNC(c1ccc(Cl)cc1)c1cc(Br)c(Cl)s1. The molecular weight excluding hydrogens is 353 g/mol. The fourth-order valence-electron chi connectivity index (χ4n) is 1.75. The van der Waals surface area contributed by atoms with Gasteiger partial charge in [-0.05, 0) is 46.2 Å². The lowest BCUT2D eigenvalue weighted by molar-refractivity contribution is 0.639. The van der Waals surface area contributed by atoms with E-state index >= 15 is 0 Å². The molecule has 2 rings (SSSR count). The summed E-state index contributed by atoms with van der Waals surface area (Å²) in [6, 6.07) is 10.1. The molecule has 1 heterocycles. The molecule has 96 valence electrons. The monoisotopic (exact) mass is 363 g/mol. The Morgan fingerprint density at radius 3 is 2.44 bits per heavy atom. The molecule has 0 aliphatic heterocycles. The highest BCUT2D eigenvalue weighted by Crippen LogP contribution is 2.37. The van der Waals surface area contributed by atoms with Crippen LogP contribution in [0.4, 0.5) is 0 Å². The quantitative estimate of drug-likeness (QED) is 0.753. The number of benzene rings is 1. The molecule has 0 amide bonds. The molecule has 1 atom stereocenters. The zero-order valence-corrected chi connectivity index (χ0v) is 13.6. The Morgan fingerprint density at radius 1 is 1.28 bits per heavy atom. The fraction of sp³-hybridized carbons (Fsp3) is 0.231. The lowest BCUT2D eigenvalue weighted by Crippen LogP contribution is -2.20. The highest BCUT2D eigenvalue weighted by molar-refractivity contribution is 9.10. The van der Waals surface area contributed by atoms with Gasteiger partial charge in [-0.15, -0.1) is 11.3 Å². The summed E-state index contributed by atoms with van der Waals surface area (Å²) in [5.41, 5.74) is 1.19. The van der Waals surface area contributed by atoms with Gasteiger partial charge in [-0.3, -0.25) is 0 Å². The average molecular weight is 365 g/mol. The van der Waals surface area contributed by atoms with Crippen molar-refractivity contribution < 1.29 is 0 Å². The zero-order valence-electron chi connectivity index (χ0n) is 9.71. The van der Waals surface area contributed by atoms with Crippen LogP contribution in [0.1, 0.15) is 23.4 Å². The molecule has 1 nitrogen and oxygen atoms in total. The van der Waals surface area contributed by atoms with Crippen LogP contribution in [0.5, 0.6) is 0 Å². The predicted molar refractivity (Wildman–Crippen MR) is 84.0 cm³/mol. The summed E-state index contributed by atoms with van der Waals surface area (Å²) in [4.78, 5) is 1.19. The van der Waals surface area contributed by atoms with Crippen LogP contribution >= 0.6 is 50.5 Å². The van der Waals surface area contributed by atoms with Gasteiger partial charge in [0.05, 0.1) is 6.04 Å². The molecule has 0 aliphatic carbocycles. The highest BCUT2D eigenvalue weighted by atomic mass is 79.9. The Balaban J connectivity index is 2.36. The summed E-state index contributed by atoms with van der Waals surface area (Å²) in [7, 11) is 0. The number of nitrogens with one attached hydrogen (secondary N) is 1. The maximum atomic E-state index is 6.11. The molecule has 1 unspecified atom stereocenters. The van der Waals surface area contributed by atoms with Gasteiger partial charge in [0, 0.05) is 14.4 Å². The normalized spacial score (nSPS) is 12.7. The minimum absolute atomic E-state index is 0.154. The van der Waals surface area contributed by atoms with Crippen molar-refractivity contribution in [3.8, 4) is 0 Å². The van der Waals surface area contributed by atoms with Gasteiger partial charge in [0.2, 0.25) is 0 Å². The number of halogens is 3. The number of rotatable bonds is 4. The minimum atomic E-state index is 0.154. The third-order valence-corrected chi connectivity index (χ3v) is 5.35. The smallest absolute Gasteiger partial charge is 0.107 e. The van der Waals surface area contributed by atoms with Gasteiger partial charge in [0.25, 0.3) is 0 Å². The number of hydrogen-bond acceptors (Lipinski definition) is 2. The van der Waals surface area contributed by atoms with Crippen molar-refractivity contribution in [1.82, 2.24) is 5.32 Å². The molecule has 2 aromatic rings. The summed E-state index contributed by atoms with van der Waals surface area (Å²) in [5.74, 6) is 0. The molecule has 18 heavy (non-hydrogen) atoms. The molecule has 1 N–H and O–H groups in total. The van der Waals surface area contributed by atoms with Crippen LogP contribution in [-0.4, -0.2) is 6.54 Å². The number of thiophene rings is 1. The lowest BCUT2D eigenvalue weighted by atomic mass is 10.1. The van der Waals surface area contributed by atoms with Crippen LogP contribution in [0.2, 0.25) is 9.36 Å². The molecule has 0 spiro atoms. The molecule has 1 aromatic heterocycles. The van der Waals surface area contributed by atoms with E-state index in [9.17, 15) is 0 Å². The first-order valence-electron chi connectivity index (χ1n) is 5.55. The lowest BCUT2D eigenvalue weighted by Gasteiger charge is -2.16. The highest BCUT2D eigenvalue weighted by Gasteiger charge is 2.17. The van der Waals surface area contributed by atoms with Crippen LogP contribution in [0.25, 0.3) is 0 Å². The van der Waals surface area contributed by atoms with Gasteiger partial charge in [0.1, 0.15) is 4.34 Å². The third kappa shape index (κ3) is 3.28. The van der Waals surface area contributed by atoms with E-state index in [1.807, 2.05) is 24.3 Å². The zero-order chi connectivity index (χ0) is 13.1. The Kier molecular flexibility index (Phi) is 5.10. The Morgan fingerprint density at radius 2 is 1.94 bits per heavy atom. The summed E-state index contributed by atoms with van der Waals surface area (Å²) < 4.78 is 1.72. The molecule has 0 saturated heterocycles. The van der Waals surface area contributed by atoms with Gasteiger partial charge >= 0.3 is 0 Å². The molecule has 1 aromatic carbocycles. The van der Waals surface area contributed by atoms with Crippen molar-refractivity contribution in [2.45, 2.75) is 13.0 Å². The first-order chi connectivity index (χ1) is 8.61. The van der Waals surface area contributed by atoms with Gasteiger partial charge < -0.3 is 5.32 Å². The van der Waals surface area contributed by atoms with Crippen molar-refractivity contribution in [3.05, 3.63) is 54.6 Å². The van der Waals surface area contributed by atoms with Gasteiger partial charge in [-0.1, -0.05) is 42.3 Å². The number of hydrogen-bond donors (Lipinski definition) is 1. The summed E-state index contributed by atoms with van der Waals surface area (Å²) in [6.45, 7) is 2.98. The van der Waals surface area contributed by atoms with Gasteiger partial charge in [-0.25, -0.2) is 0 Å². The van der Waals surface area contributed by atoms with E-state index in [2.05, 4.69) is 34.2 Å². The molecular formula is C13H12BrCl2NS. The van der Waals surface area contributed by atoms with Gasteiger partial charge in [-0.2, -0.15) is 0 Å². The van der Waals surface area contributed by atoms with E-state index in [1.54, 1.807) is 11.3 Å². The molecule has 0 saturated carbocycles. The molecule has 0 aliphatic rings. The first-order valence-corrected chi connectivity index (χ1v) is 7.92. The summed E-state index contributed by atoms with van der Waals surface area (Å²) in [5, 5.41) is 4.21. The van der Waals surface area contributed by atoms with Crippen molar-refractivity contribution in [2.75, 3.05) is 6.54 Å². The van der Waals surface area contributed by atoms with E-state index in [4.69, 9.17) is 23.2 Å². The molecule has 5 heteroatoms. The van der Waals surface area contributed by atoms with Crippen LogP contribution < -0.4 is 5.32 Å². The maximum absolute atomic E-state index is 6.11. The molecule has 0 radical (unpaired) electrons. The van der Waals surface area contributed by atoms with E-state index in [0.717, 1.165) is 20.4 Å². The van der Waals surface area contributed by atoms with Crippen LogP contribution in [0, 0.1) is 0 Å². The van der Waals surface area contributed by atoms with E-state index in [1.165, 1.54) is 10.4 Å². The van der Waals surface area contributed by atoms with E-state index in [0.29, 0.717) is 0 Å². The van der Waals surface area contributed by atoms with Gasteiger partial charge in [0.15, 0.2) is 0 Å².